The van der Waals surface area contributed by atoms with E-state index in [0.29, 0.717) is 11.3 Å². The molecule has 1 heterocycles. The van der Waals surface area contributed by atoms with E-state index in [2.05, 4.69) is 9.68 Å². The number of nitrogens with two attached hydrogens (primary N) is 1. The Labute approximate surface area is 68.5 Å². The molecule has 0 fully saturated rings. The van der Waals surface area contributed by atoms with E-state index in [-0.39, 0.29) is 6.54 Å². The first kappa shape index (κ1) is 9.12. The van der Waals surface area contributed by atoms with Gasteiger partial charge in [0.05, 0.1) is 12.1 Å². The van der Waals surface area contributed by atoms with Gasteiger partial charge in [-0.25, -0.2) is 8.78 Å². The van der Waals surface area contributed by atoms with E-state index in [1.54, 1.807) is 6.92 Å². The quantitative estimate of drug-likeness (QED) is 0.754. The zero-order valence-electron chi connectivity index (χ0n) is 6.63. The van der Waals surface area contributed by atoms with Crippen LogP contribution in [0.15, 0.2) is 10.7 Å². The van der Waals surface area contributed by atoms with Crippen molar-refractivity contribution in [1.82, 2.24) is 5.16 Å². The van der Waals surface area contributed by atoms with Crippen molar-refractivity contribution in [1.29, 1.82) is 0 Å². The second-order valence-electron chi connectivity index (χ2n) is 2.51. The zero-order valence-corrected chi connectivity index (χ0v) is 6.63. The van der Waals surface area contributed by atoms with Gasteiger partial charge in [0.1, 0.15) is 5.76 Å². The highest BCUT2D eigenvalue weighted by Gasteiger charge is 2.24. The fourth-order valence-electron chi connectivity index (χ4n) is 1.03. The van der Waals surface area contributed by atoms with Gasteiger partial charge in [0, 0.05) is 12.1 Å². The molecule has 1 aromatic heterocycles. The SMILES string of the molecule is Cc1oncc1C(CN)C(F)F. The Morgan fingerprint density at radius 2 is 2.33 bits per heavy atom. The largest absolute Gasteiger partial charge is 0.361 e. The first-order valence-electron chi connectivity index (χ1n) is 3.56. The van der Waals surface area contributed by atoms with Crippen molar-refractivity contribution >= 4 is 0 Å². The molecule has 0 amide bonds. The third-order valence-corrected chi connectivity index (χ3v) is 1.75. The summed E-state index contributed by atoms with van der Waals surface area (Å²) in [6.07, 6.45) is -1.17. The first-order chi connectivity index (χ1) is 5.66. The summed E-state index contributed by atoms with van der Waals surface area (Å²) in [7, 11) is 0. The van der Waals surface area contributed by atoms with Gasteiger partial charge in [-0.05, 0) is 6.92 Å². The summed E-state index contributed by atoms with van der Waals surface area (Å²) < 4.78 is 29.2. The predicted octanol–water partition coefficient (Wildman–Crippen LogP) is 1.29. The number of hydrogen-bond acceptors (Lipinski definition) is 3. The predicted molar refractivity (Wildman–Crippen MR) is 39.0 cm³/mol. The van der Waals surface area contributed by atoms with Crippen molar-refractivity contribution in [2.75, 3.05) is 6.54 Å². The Bertz CT molecular complexity index is 249. The fraction of sp³-hybridized carbons (Fsp3) is 0.571. The monoisotopic (exact) mass is 176 g/mol. The molecule has 0 aliphatic heterocycles. The molecular formula is C7H10F2N2O. The van der Waals surface area contributed by atoms with Crippen molar-refractivity contribution in [3.05, 3.63) is 17.5 Å². The fourth-order valence-corrected chi connectivity index (χ4v) is 1.03. The number of alkyl halides is 2. The second-order valence-corrected chi connectivity index (χ2v) is 2.51. The lowest BCUT2D eigenvalue weighted by molar-refractivity contribution is 0.116. The molecule has 1 rings (SSSR count). The van der Waals surface area contributed by atoms with Crippen molar-refractivity contribution in [3.8, 4) is 0 Å². The topological polar surface area (TPSA) is 52.0 Å². The van der Waals surface area contributed by atoms with Crippen molar-refractivity contribution < 1.29 is 13.3 Å². The molecule has 0 spiro atoms. The van der Waals surface area contributed by atoms with Crippen LogP contribution in [0.5, 0.6) is 0 Å². The molecule has 0 radical (unpaired) electrons. The van der Waals surface area contributed by atoms with E-state index < -0.39 is 12.3 Å². The van der Waals surface area contributed by atoms with Crippen LogP contribution in [-0.4, -0.2) is 18.1 Å². The third-order valence-electron chi connectivity index (χ3n) is 1.75. The van der Waals surface area contributed by atoms with E-state index >= 15 is 0 Å². The summed E-state index contributed by atoms with van der Waals surface area (Å²) in [5.41, 5.74) is 5.58. The van der Waals surface area contributed by atoms with Crippen molar-refractivity contribution in [2.24, 2.45) is 5.73 Å². The Balaban J connectivity index is 2.87. The molecule has 12 heavy (non-hydrogen) atoms. The molecule has 2 N–H and O–H groups in total. The average molecular weight is 176 g/mol. The molecule has 0 aliphatic carbocycles. The molecule has 1 unspecified atom stereocenters. The maximum absolute atomic E-state index is 12.3. The number of nitrogens with zero attached hydrogens (tertiary/aromatic N) is 1. The maximum Gasteiger partial charge on any atom is 0.246 e. The summed E-state index contributed by atoms with van der Waals surface area (Å²) in [6, 6.07) is 0. The van der Waals surface area contributed by atoms with Crippen molar-refractivity contribution in [2.45, 2.75) is 19.3 Å². The molecule has 0 saturated carbocycles. The Hall–Kier alpha value is -0.970. The minimum Gasteiger partial charge on any atom is -0.361 e. The highest BCUT2D eigenvalue weighted by molar-refractivity contribution is 5.18. The minimum absolute atomic E-state index is 0.0975. The van der Waals surface area contributed by atoms with Gasteiger partial charge in [0.2, 0.25) is 6.43 Å². The zero-order chi connectivity index (χ0) is 9.14. The lowest BCUT2D eigenvalue weighted by Crippen LogP contribution is -2.19. The molecule has 0 bridgehead atoms. The maximum atomic E-state index is 12.3. The van der Waals surface area contributed by atoms with Crippen LogP contribution in [0.4, 0.5) is 8.78 Å². The van der Waals surface area contributed by atoms with Crippen LogP contribution in [0.3, 0.4) is 0 Å². The van der Waals surface area contributed by atoms with Gasteiger partial charge in [-0.15, -0.1) is 0 Å². The van der Waals surface area contributed by atoms with Gasteiger partial charge in [-0.1, -0.05) is 5.16 Å². The summed E-state index contributed by atoms with van der Waals surface area (Å²) >= 11 is 0. The van der Waals surface area contributed by atoms with Gasteiger partial charge in [-0.2, -0.15) is 0 Å². The normalized spacial score (nSPS) is 13.8. The highest BCUT2D eigenvalue weighted by atomic mass is 19.3. The summed E-state index contributed by atoms with van der Waals surface area (Å²) in [4.78, 5) is 0. The van der Waals surface area contributed by atoms with Crippen LogP contribution in [0.2, 0.25) is 0 Å². The van der Waals surface area contributed by atoms with Crippen LogP contribution in [-0.2, 0) is 0 Å². The smallest absolute Gasteiger partial charge is 0.246 e. The lowest BCUT2D eigenvalue weighted by atomic mass is 10.0. The van der Waals surface area contributed by atoms with E-state index in [4.69, 9.17) is 5.73 Å². The Morgan fingerprint density at radius 1 is 1.67 bits per heavy atom. The van der Waals surface area contributed by atoms with Crippen LogP contribution in [0, 0.1) is 6.92 Å². The molecule has 0 aliphatic rings. The van der Waals surface area contributed by atoms with E-state index in [9.17, 15) is 8.78 Å². The van der Waals surface area contributed by atoms with Crippen molar-refractivity contribution in [3.63, 3.8) is 0 Å². The summed E-state index contributed by atoms with van der Waals surface area (Å²) in [5, 5.41) is 3.41. The molecule has 0 saturated heterocycles. The molecule has 1 aromatic rings. The van der Waals surface area contributed by atoms with Gasteiger partial charge >= 0.3 is 0 Å². The van der Waals surface area contributed by atoms with Gasteiger partial charge < -0.3 is 10.3 Å². The third kappa shape index (κ3) is 1.61. The van der Waals surface area contributed by atoms with Crippen LogP contribution < -0.4 is 5.73 Å². The van der Waals surface area contributed by atoms with Crippen LogP contribution in [0.1, 0.15) is 17.2 Å². The number of aryl methyl sites for hydroxylation is 1. The van der Waals surface area contributed by atoms with E-state index in [1.165, 1.54) is 6.20 Å². The molecule has 1 atom stereocenters. The second kappa shape index (κ2) is 3.62. The summed E-state index contributed by atoms with van der Waals surface area (Å²) in [6.45, 7) is 1.49. The minimum atomic E-state index is -2.46. The van der Waals surface area contributed by atoms with Gasteiger partial charge in [-0.3, -0.25) is 0 Å². The Kier molecular flexibility index (Phi) is 2.75. The molecule has 5 heteroatoms. The summed E-state index contributed by atoms with van der Waals surface area (Å²) in [5.74, 6) is -0.554. The Morgan fingerprint density at radius 3 is 2.67 bits per heavy atom. The molecule has 3 nitrogen and oxygen atoms in total. The number of rotatable bonds is 3. The average Bonchev–Trinajstić information content (AvgIpc) is 2.38. The number of hydrogen-bond donors (Lipinski definition) is 1. The van der Waals surface area contributed by atoms with Gasteiger partial charge in [0.25, 0.3) is 0 Å². The first-order valence-corrected chi connectivity index (χ1v) is 3.56. The lowest BCUT2D eigenvalue weighted by Gasteiger charge is -2.10. The van der Waals surface area contributed by atoms with E-state index in [1.807, 2.05) is 0 Å². The van der Waals surface area contributed by atoms with Gasteiger partial charge in [0.15, 0.2) is 0 Å². The molecular weight excluding hydrogens is 166 g/mol. The molecule has 0 aromatic carbocycles. The highest BCUT2D eigenvalue weighted by Crippen LogP contribution is 2.24. The van der Waals surface area contributed by atoms with Crippen LogP contribution >= 0.6 is 0 Å². The number of halogens is 2. The number of aromatic nitrogens is 1. The standard InChI is InChI=1S/C7H10F2N2O/c1-4-6(3-11-12-4)5(2-10)7(8)9/h3,5,7H,2,10H2,1H3. The van der Waals surface area contributed by atoms with Crippen LogP contribution in [0.25, 0.3) is 0 Å². The van der Waals surface area contributed by atoms with E-state index in [0.717, 1.165) is 0 Å². The molecule has 68 valence electrons.